The van der Waals surface area contributed by atoms with Crippen molar-refractivity contribution in [3.8, 4) is 0 Å². The molecule has 0 aromatic heterocycles. The minimum absolute atomic E-state index is 0.0503. The molecule has 0 bridgehead atoms. The van der Waals surface area contributed by atoms with Gasteiger partial charge in [-0.3, -0.25) is 19.3 Å². The first kappa shape index (κ1) is 18.5. The molecule has 4 atom stereocenters. The zero-order valence-corrected chi connectivity index (χ0v) is 14.9. The van der Waals surface area contributed by atoms with Crippen LogP contribution in [0.15, 0.2) is 30.3 Å². The second kappa shape index (κ2) is 7.17. The summed E-state index contributed by atoms with van der Waals surface area (Å²) < 4.78 is 0. The molecule has 2 fully saturated rings. The Morgan fingerprint density at radius 1 is 1.38 bits per heavy atom. The van der Waals surface area contributed by atoms with Gasteiger partial charge in [-0.05, 0) is 25.3 Å². The molecule has 2 amide bonds. The Morgan fingerprint density at radius 2 is 2.08 bits per heavy atom. The standard InChI is InChI=1S/C19H25N3O4/c1-12(23)14(17(20)25)9-16(24)15-7-8-19(11-21-18(19)26)22(15)10-13-5-3-2-4-6-13/h2-6,12,14-15,23H,7-11H2,1H3,(H2,20,25)(H,21,26)/t12-,14+,15?,19?/m1/s1. The highest BCUT2D eigenvalue weighted by atomic mass is 16.3. The third kappa shape index (κ3) is 3.24. The molecule has 0 saturated carbocycles. The Hall–Kier alpha value is -2.25. The van der Waals surface area contributed by atoms with Gasteiger partial charge >= 0.3 is 0 Å². The number of nitrogens with one attached hydrogen (secondary N) is 1. The summed E-state index contributed by atoms with van der Waals surface area (Å²) in [4.78, 5) is 38.7. The van der Waals surface area contributed by atoms with Crippen LogP contribution in [0.25, 0.3) is 0 Å². The van der Waals surface area contributed by atoms with E-state index in [1.54, 1.807) is 0 Å². The molecule has 0 aliphatic carbocycles. The van der Waals surface area contributed by atoms with Crippen LogP contribution in [0.3, 0.4) is 0 Å². The van der Waals surface area contributed by atoms with Crippen molar-refractivity contribution in [1.82, 2.24) is 10.2 Å². The van der Waals surface area contributed by atoms with Crippen molar-refractivity contribution >= 4 is 17.6 Å². The van der Waals surface area contributed by atoms with Crippen molar-refractivity contribution in [2.24, 2.45) is 11.7 Å². The maximum Gasteiger partial charge on any atom is 0.242 e. The first-order valence-electron chi connectivity index (χ1n) is 8.94. The predicted octanol–water partition coefficient (Wildman–Crippen LogP) is -0.0389. The molecule has 2 heterocycles. The van der Waals surface area contributed by atoms with E-state index in [0.717, 1.165) is 5.56 Å². The quantitative estimate of drug-likeness (QED) is 0.592. The Bertz CT molecular complexity index is 706. The van der Waals surface area contributed by atoms with Gasteiger partial charge in [0.15, 0.2) is 5.78 Å². The molecule has 2 aliphatic heterocycles. The monoisotopic (exact) mass is 359 g/mol. The molecule has 3 rings (SSSR count). The number of benzene rings is 1. The lowest BCUT2D eigenvalue weighted by Crippen LogP contribution is -2.71. The van der Waals surface area contributed by atoms with Gasteiger partial charge in [-0.25, -0.2) is 0 Å². The van der Waals surface area contributed by atoms with E-state index in [1.165, 1.54) is 6.92 Å². The van der Waals surface area contributed by atoms with Crippen LogP contribution in [-0.4, -0.2) is 51.8 Å². The summed E-state index contributed by atoms with van der Waals surface area (Å²) >= 11 is 0. The number of aliphatic hydroxyl groups excluding tert-OH is 1. The number of nitrogens with two attached hydrogens (primary N) is 1. The minimum atomic E-state index is -0.985. The van der Waals surface area contributed by atoms with E-state index in [-0.39, 0.29) is 18.1 Å². The molecule has 1 aromatic carbocycles. The molecule has 1 aromatic rings. The molecule has 140 valence electrons. The van der Waals surface area contributed by atoms with Crippen LogP contribution in [-0.2, 0) is 20.9 Å². The van der Waals surface area contributed by atoms with Crippen LogP contribution in [0, 0.1) is 5.92 Å². The number of hydrogen-bond acceptors (Lipinski definition) is 5. The summed E-state index contributed by atoms with van der Waals surface area (Å²) in [7, 11) is 0. The molecule has 7 heteroatoms. The number of aliphatic hydroxyl groups is 1. The second-order valence-corrected chi connectivity index (χ2v) is 7.30. The van der Waals surface area contributed by atoms with Gasteiger partial charge < -0.3 is 16.2 Å². The molecule has 2 aliphatic rings. The number of amides is 2. The third-order valence-corrected chi connectivity index (χ3v) is 5.66. The number of carbonyl (C=O) groups excluding carboxylic acids is 3. The lowest BCUT2D eigenvalue weighted by molar-refractivity contribution is -0.145. The number of ketones is 1. The first-order valence-corrected chi connectivity index (χ1v) is 8.94. The Morgan fingerprint density at radius 3 is 2.58 bits per heavy atom. The highest BCUT2D eigenvalue weighted by Crippen LogP contribution is 2.40. The van der Waals surface area contributed by atoms with Crippen LogP contribution < -0.4 is 11.1 Å². The van der Waals surface area contributed by atoms with Crippen LogP contribution in [0.2, 0.25) is 0 Å². The maximum absolute atomic E-state index is 12.9. The van der Waals surface area contributed by atoms with E-state index in [0.29, 0.717) is 25.9 Å². The van der Waals surface area contributed by atoms with Crippen molar-refractivity contribution < 1.29 is 19.5 Å². The van der Waals surface area contributed by atoms with Crippen molar-refractivity contribution in [1.29, 1.82) is 0 Å². The van der Waals surface area contributed by atoms with Gasteiger partial charge in [0.2, 0.25) is 11.8 Å². The highest BCUT2D eigenvalue weighted by Gasteiger charge is 2.58. The van der Waals surface area contributed by atoms with Crippen LogP contribution in [0.5, 0.6) is 0 Å². The number of likely N-dealkylation sites (tertiary alicyclic amines) is 1. The molecule has 7 nitrogen and oxygen atoms in total. The fourth-order valence-corrected chi connectivity index (χ4v) is 4.01. The number of Topliss-reactive ketones (excluding diaryl/α,β-unsaturated/α-hetero) is 1. The SMILES string of the molecule is C[C@@H](O)[C@H](CC(=O)C1CCC2(CNC2=O)N1Cc1ccccc1)C(N)=O. The molecule has 1 spiro atoms. The lowest BCUT2D eigenvalue weighted by atomic mass is 9.88. The Labute approximate surface area is 152 Å². The number of β-lactam (4-membered cyclic amide) rings is 1. The highest BCUT2D eigenvalue weighted by molar-refractivity contribution is 5.96. The van der Waals surface area contributed by atoms with Crippen molar-refractivity contribution in [3.05, 3.63) is 35.9 Å². The molecule has 26 heavy (non-hydrogen) atoms. The maximum atomic E-state index is 12.9. The molecule has 2 unspecified atom stereocenters. The number of carbonyl (C=O) groups is 3. The summed E-state index contributed by atoms with van der Waals surface area (Å²) in [5.74, 6) is -1.79. The van der Waals surface area contributed by atoms with Gasteiger partial charge in [0.05, 0.1) is 18.1 Å². The summed E-state index contributed by atoms with van der Waals surface area (Å²) in [6, 6.07) is 9.24. The summed E-state index contributed by atoms with van der Waals surface area (Å²) in [5.41, 5.74) is 5.70. The average Bonchev–Trinajstić information content (AvgIpc) is 3.00. The van der Waals surface area contributed by atoms with E-state index in [1.807, 2.05) is 35.2 Å². The third-order valence-electron chi connectivity index (χ3n) is 5.66. The molecule has 4 N–H and O–H groups in total. The van der Waals surface area contributed by atoms with E-state index in [2.05, 4.69) is 5.32 Å². The van der Waals surface area contributed by atoms with Crippen molar-refractivity contribution in [3.63, 3.8) is 0 Å². The molecule has 2 saturated heterocycles. The summed E-state index contributed by atoms with van der Waals surface area (Å²) in [6.45, 7) is 2.47. The normalized spacial score (nSPS) is 27.6. The van der Waals surface area contributed by atoms with Gasteiger partial charge in [0, 0.05) is 19.5 Å². The van der Waals surface area contributed by atoms with E-state index in [4.69, 9.17) is 5.73 Å². The Kier molecular flexibility index (Phi) is 5.11. The topological polar surface area (TPSA) is 113 Å². The smallest absolute Gasteiger partial charge is 0.242 e. The van der Waals surface area contributed by atoms with E-state index in [9.17, 15) is 19.5 Å². The van der Waals surface area contributed by atoms with Gasteiger partial charge in [0.25, 0.3) is 0 Å². The number of rotatable bonds is 7. The Balaban J connectivity index is 1.81. The number of hydrogen-bond donors (Lipinski definition) is 3. The van der Waals surface area contributed by atoms with Gasteiger partial charge in [-0.15, -0.1) is 0 Å². The van der Waals surface area contributed by atoms with Gasteiger partial charge in [0.1, 0.15) is 5.54 Å². The molecule has 0 radical (unpaired) electrons. The van der Waals surface area contributed by atoms with Crippen molar-refractivity contribution in [2.45, 2.75) is 50.4 Å². The summed E-state index contributed by atoms with van der Waals surface area (Å²) in [6.07, 6.45) is 0.0737. The largest absolute Gasteiger partial charge is 0.393 e. The number of nitrogens with zero attached hydrogens (tertiary/aromatic N) is 1. The number of primary amides is 1. The van der Waals surface area contributed by atoms with E-state index >= 15 is 0 Å². The lowest BCUT2D eigenvalue weighted by Gasteiger charge is -2.46. The van der Waals surface area contributed by atoms with Crippen LogP contribution in [0.1, 0.15) is 31.7 Å². The predicted molar refractivity (Wildman–Crippen MR) is 94.7 cm³/mol. The zero-order valence-electron chi connectivity index (χ0n) is 14.9. The first-order chi connectivity index (χ1) is 12.3. The van der Waals surface area contributed by atoms with Crippen LogP contribution >= 0.6 is 0 Å². The summed E-state index contributed by atoms with van der Waals surface area (Å²) in [5, 5.41) is 12.5. The average molecular weight is 359 g/mol. The fraction of sp³-hybridized carbons (Fsp3) is 0.526. The fourth-order valence-electron chi connectivity index (χ4n) is 4.01. The molecular weight excluding hydrogens is 334 g/mol. The van der Waals surface area contributed by atoms with Crippen LogP contribution in [0.4, 0.5) is 0 Å². The van der Waals surface area contributed by atoms with Gasteiger partial charge in [-0.2, -0.15) is 0 Å². The second-order valence-electron chi connectivity index (χ2n) is 7.30. The minimum Gasteiger partial charge on any atom is -0.393 e. The van der Waals surface area contributed by atoms with Gasteiger partial charge in [-0.1, -0.05) is 30.3 Å². The van der Waals surface area contributed by atoms with E-state index < -0.39 is 29.5 Å². The molecular formula is C19H25N3O4. The zero-order chi connectivity index (χ0) is 18.9. The van der Waals surface area contributed by atoms with Crippen molar-refractivity contribution in [2.75, 3.05) is 6.54 Å².